The summed E-state index contributed by atoms with van der Waals surface area (Å²) in [5, 5.41) is 16.0. The van der Waals surface area contributed by atoms with Crippen molar-refractivity contribution in [3.05, 3.63) is 17.5 Å². The molecule has 0 unspecified atom stereocenters. The number of carbonyl (C=O) groups is 2. The summed E-state index contributed by atoms with van der Waals surface area (Å²) in [5.74, 6) is -0.933. The van der Waals surface area contributed by atoms with Gasteiger partial charge in [-0.05, 0) is 32.4 Å². The third kappa shape index (κ3) is 3.60. The molecule has 1 saturated carbocycles. The van der Waals surface area contributed by atoms with E-state index in [0.717, 1.165) is 18.5 Å². The maximum absolute atomic E-state index is 12.1. The van der Waals surface area contributed by atoms with Gasteiger partial charge < -0.3 is 10.4 Å². The molecule has 1 aromatic heterocycles. The molecule has 2 N–H and O–H groups in total. The van der Waals surface area contributed by atoms with Crippen LogP contribution in [0.25, 0.3) is 0 Å². The van der Waals surface area contributed by atoms with E-state index in [9.17, 15) is 9.59 Å². The summed E-state index contributed by atoms with van der Waals surface area (Å²) in [5.41, 5.74) is 1.36. The molecule has 1 fully saturated rings. The number of carboxylic acids is 1. The molecule has 7 nitrogen and oxygen atoms in total. The van der Waals surface area contributed by atoms with Gasteiger partial charge >= 0.3 is 5.97 Å². The number of rotatable bonds is 6. The van der Waals surface area contributed by atoms with Crippen molar-refractivity contribution in [2.45, 2.75) is 38.8 Å². The smallest absolute Gasteiger partial charge is 0.317 e. The van der Waals surface area contributed by atoms with E-state index in [1.807, 2.05) is 18.7 Å². The Bertz CT molecular complexity index is 534. The third-order valence-corrected chi connectivity index (χ3v) is 3.94. The van der Waals surface area contributed by atoms with Crippen LogP contribution in [0.5, 0.6) is 0 Å². The van der Waals surface area contributed by atoms with E-state index in [1.54, 1.807) is 17.8 Å². The van der Waals surface area contributed by atoms with Crippen LogP contribution >= 0.6 is 0 Å². The molecular weight excluding hydrogens is 272 g/mol. The quantitative estimate of drug-likeness (QED) is 0.793. The fourth-order valence-electron chi connectivity index (χ4n) is 2.76. The van der Waals surface area contributed by atoms with Crippen LogP contribution in [0.15, 0.2) is 6.07 Å². The zero-order valence-corrected chi connectivity index (χ0v) is 12.7. The van der Waals surface area contributed by atoms with E-state index < -0.39 is 5.97 Å². The number of nitrogens with one attached hydrogen (secondary N) is 1. The van der Waals surface area contributed by atoms with Crippen molar-refractivity contribution in [1.29, 1.82) is 0 Å². The number of likely N-dealkylation sites (N-methyl/N-ethyl adjacent to an activating group) is 1. The van der Waals surface area contributed by atoms with Gasteiger partial charge in [0.15, 0.2) is 0 Å². The van der Waals surface area contributed by atoms with Crippen LogP contribution < -0.4 is 5.32 Å². The molecule has 0 aliphatic heterocycles. The van der Waals surface area contributed by atoms with Gasteiger partial charge in [0.2, 0.25) is 0 Å². The predicted molar refractivity (Wildman–Crippen MR) is 77.1 cm³/mol. The Morgan fingerprint density at radius 2 is 2.19 bits per heavy atom. The lowest BCUT2D eigenvalue weighted by Gasteiger charge is -2.42. The number of carbonyl (C=O) groups excluding carboxylic acids is 1. The highest BCUT2D eigenvalue weighted by Gasteiger charge is 2.35. The van der Waals surface area contributed by atoms with Crippen LogP contribution in [0.2, 0.25) is 0 Å². The second kappa shape index (κ2) is 6.26. The van der Waals surface area contributed by atoms with Crippen molar-refractivity contribution in [2.24, 2.45) is 7.05 Å². The normalized spacial score (nSPS) is 21.1. The minimum absolute atomic E-state index is 0.0583. The van der Waals surface area contributed by atoms with Gasteiger partial charge in [0.1, 0.15) is 5.69 Å². The lowest BCUT2D eigenvalue weighted by Crippen LogP contribution is -2.54. The average molecular weight is 294 g/mol. The molecule has 1 heterocycles. The van der Waals surface area contributed by atoms with Crippen LogP contribution in [0.3, 0.4) is 0 Å². The Labute approximate surface area is 123 Å². The number of carboxylic acid groups (broad SMARTS) is 1. The number of amides is 1. The van der Waals surface area contributed by atoms with E-state index in [4.69, 9.17) is 5.11 Å². The Morgan fingerprint density at radius 1 is 1.52 bits per heavy atom. The Kier molecular flexibility index (Phi) is 4.62. The number of hydrogen-bond donors (Lipinski definition) is 2. The van der Waals surface area contributed by atoms with Crippen molar-refractivity contribution in [3.8, 4) is 0 Å². The molecule has 21 heavy (non-hydrogen) atoms. The molecule has 0 saturated heterocycles. The lowest BCUT2D eigenvalue weighted by atomic mass is 9.85. The van der Waals surface area contributed by atoms with Crippen LogP contribution in [0.4, 0.5) is 0 Å². The zero-order chi connectivity index (χ0) is 15.6. The van der Waals surface area contributed by atoms with Gasteiger partial charge in [-0.15, -0.1) is 0 Å². The minimum Gasteiger partial charge on any atom is -0.480 e. The molecule has 0 bridgehead atoms. The van der Waals surface area contributed by atoms with Crippen LogP contribution in [0, 0.1) is 6.92 Å². The maximum Gasteiger partial charge on any atom is 0.317 e. The second-order valence-electron chi connectivity index (χ2n) is 5.55. The number of nitrogens with zero attached hydrogens (tertiary/aromatic N) is 3. The monoisotopic (exact) mass is 294 g/mol. The van der Waals surface area contributed by atoms with Crippen molar-refractivity contribution in [2.75, 3.05) is 13.1 Å². The van der Waals surface area contributed by atoms with Gasteiger partial charge in [-0.2, -0.15) is 5.10 Å². The molecule has 1 aliphatic carbocycles. The number of aryl methyl sites for hydroxylation is 2. The van der Waals surface area contributed by atoms with Gasteiger partial charge in [-0.25, -0.2) is 0 Å². The summed E-state index contributed by atoms with van der Waals surface area (Å²) in [7, 11) is 1.75. The first kappa shape index (κ1) is 15.5. The standard InChI is InChI=1S/C14H22N4O3/c1-4-18(8-13(19)20)11-6-10(7-11)15-14(21)12-5-9(2)16-17(12)3/h5,10-11H,4,6-8H2,1-3H3,(H,15,21)(H,19,20). The Hall–Kier alpha value is -1.89. The SMILES string of the molecule is CCN(CC(=O)O)C1CC(NC(=O)c2cc(C)nn2C)C1. The summed E-state index contributed by atoms with van der Waals surface area (Å²) in [6.07, 6.45) is 1.59. The first-order chi connectivity index (χ1) is 9.90. The lowest BCUT2D eigenvalue weighted by molar-refractivity contribution is -0.139. The fourth-order valence-corrected chi connectivity index (χ4v) is 2.76. The highest BCUT2D eigenvalue weighted by molar-refractivity contribution is 5.92. The number of hydrogen-bond acceptors (Lipinski definition) is 4. The van der Waals surface area contributed by atoms with Crippen LogP contribution in [-0.4, -0.2) is 56.8 Å². The summed E-state index contributed by atoms with van der Waals surface area (Å²) in [6, 6.07) is 2.11. The molecular formula is C14H22N4O3. The summed E-state index contributed by atoms with van der Waals surface area (Å²) in [4.78, 5) is 24.8. The summed E-state index contributed by atoms with van der Waals surface area (Å²) < 4.78 is 1.57. The highest BCUT2D eigenvalue weighted by Crippen LogP contribution is 2.25. The van der Waals surface area contributed by atoms with Crippen molar-refractivity contribution in [3.63, 3.8) is 0 Å². The number of aliphatic carboxylic acids is 1. The summed E-state index contributed by atoms with van der Waals surface area (Å²) >= 11 is 0. The second-order valence-corrected chi connectivity index (χ2v) is 5.55. The molecule has 0 aromatic carbocycles. The largest absolute Gasteiger partial charge is 0.480 e. The Balaban J connectivity index is 1.83. The third-order valence-electron chi connectivity index (χ3n) is 3.94. The molecule has 1 aliphatic rings. The summed E-state index contributed by atoms with van der Waals surface area (Å²) in [6.45, 7) is 4.57. The first-order valence-corrected chi connectivity index (χ1v) is 7.18. The topological polar surface area (TPSA) is 87.5 Å². The van der Waals surface area contributed by atoms with Crippen molar-refractivity contribution >= 4 is 11.9 Å². The van der Waals surface area contributed by atoms with Gasteiger partial charge in [0.25, 0.3) is 5.91 Å². The van der Waals surface area contributed by atoms with E-state index in [1.165, 1.54) is 0 Å². The van der Waals surface area contributed by atoms with Gasteiger partial charge in [0, 0.05) is 19.1 Å². The van der Waals surface area contributed by atoms with E-state index in [2.05, 4.69) is 10.4 Å². The molecule has 0 spiro atoms. The van der Waals surface area contributed by atoms with E-state index in [0.29, 0.717) is 12.2 Å². The molecule has 116 valence electrons. The van der Waals surface area contributed by atoms with Crippen molar-refractivity contribution < 1.29 is 14.7 Å². The average Bonchev–Trinajstić information content (AvgIpc) is 2.69. The van der Waals surface area contributed by atoms with Crippen LogP contribution in [0.1, 0.15) is 35.9 Å². The molecule has 1 amide bonds. The number of aromatic nitrogens is 2. The Morgan fingerprint density at radius 3 is 2.67 bits per heavy atom. The molecule has 1 aromatic rings. The molecule has 2 rings (SSSR count). The van der Waals surface area contributed by atoms with Crippen molar-refractivity contribution in [1.82, 2.24) is 20.0 Å². The highest BCUT2D eigenvalue weighted by atomic mass is 16.4. The van der Waals surface area contributed by atoms with E-state index in [-0.39, 0.29) is 24.5 Å². The minimum atomic E-state index is -0.810. The maximum atomic E-state index is 12.1. The fraction of sp³-hybridized carbons (Fsp3) is 0.643. The van der Waals surface area contributed by atoms with E-state index >= 15 is 0 Å². The van der Waals surface area contributed by atoms with Gasteiger partial charge in [-0.3, -0.25) is 19.2 Å². The predicted octanol–water partition coefficient (Wildman–Crippen LogP) is 0.396. The molecule has 7 heteroatoms. The van der Waals surface area contributed by atoms with Crippen LogP contribution in [-0.2, 0) is 11.8 Å². The zero-order valence-electron chi connectivity index (χ0n) is 12.7. The van der Waals surface area contributed by atoms with Gasteiger partial charge in [0.05, 0.1) is 12.2 Å². The first-order valence-electron chi connectivity index (χ1n) is 7.18. The van der Waals surface area contributed by atoms with Gasteiger partial charge in [-0.1, -0.05) is 6.92 Å². The molecule has 0 atom stereocenters. The molecule has 0 radical (unpaired) electrons.